The van der Waals surface area contributed by atoms with Crippen LogP contribution in [0.25, 0.3) is 0 Å². The summed E-state index contributed by atoms with van der Waals surface area (Å²) < 4.78 is 1.32. The van der Waals surface area contributed by atoms with Crippen molar-refractivity contribution >= 4 is 28.3 Å². The maximum Gasteiger partial charge on any atom is 0.0478 e. The number of anilines is 1. The topological polar surface area (TPSA) is 15.3 Å². The van der Waals surface area contributed by atoms with Crippen LogP contribution in [0.5, 0.6) is 0 Å². The third-order valence-corrected chi connectivity index (χ3v) is 4.67. The van der Waals surface area contributed by atoms with Gasteiger partial charge in [-0.15, -0.1) is 0 Å². The van der Waals surface area contributed by atoms with E-state index in [1.807, 2.05) is 0 Å². The Bertz CT molecular complexity index is 379. The second kappa shape index (κ2) is 6.75. The first-order valence-corrected chi connectivity index (χ1v) is 8.00. The molecule has 0 radical (unpaired) electrons. The molecule has 100 valence electrons. The van der Waals surface area contributed by atoms with Gasteiger partial charge in [-0.05, 0) is 74.4 Å². The van der Waals surface area contributed by atoms with E-state index < -0.39 is 0 Å². The number of hydrogen-bond donors (Lipinski definition) is 1. The van der Waals surface area contributed by atoms with Crippen LogP contribution < -0.4 is 5.32 Å². The Morgan fingerprint density at radius 2 is 2.00 bits per heavy atom. The molecule has 1 atom stereocenters. The van der Waals surface area contributed by atoms with E-state index >= 15 is 0 Å². The van der Waals surface area contributed by atoms with E-state index in [2.05, 4.69) is 70.9 Å². The van der Waals surface area contributed by atoms with E-state index in [1.165, 1.54) is 41.6 Å². The van der Waals surface area contributed by atoms with Crippen LogP contribution in [0, 0.1) is 3.57 Å². The number of halogens is 1. The molecule has 1 unspecified atom stereocenters. The first kappa shape index (κ1) is 14.1. The Hall–Kier alpha value is -0.290. The fourth-order valence-electron chi connectivity index (χ4n) is 2.58. The number of para-hydroxylation sites is 1. The van der Waals surface area contributed by atoms with Gasteiger partial charge in [-0.3, -0.25) is 0 Å². The summed E-state index contributed by atoms with van der Waals surface area (Å²) >= 11 is 2.41. The van der Waals surface area contributed by atoms with Gasteiger partial charge in [0.25, 0.3) is 0 Å². The molecular formula is C15H23IN2. The van der Waals surface area contributed by atoms with E-state index in [4.69, 9.17) is 0 Å². The maximum atomic E-state index is 3.71. The number of nitrogens with zero attached hydrogens (tertiary/aromatic N) is 1. The Balaban J connectivity index is 1.93. The average Bonchev–Trinajstić information content (AvgIpc) is 2.58. The van der Waals surface area contributed by atoms with Crippen LogP contribution in [-0.4, -0.2) is 30.1 Å². The molecule has 0 saturated carbocycles. The highest BCUT2D eigenvalue weighted by Gasteiger charge is 2.18. The van der Waals surface area contributed by atoms with Crippen LogP contribution in [0.2, 0.25) is 0 Å². The maximum absolute atomic E-state index is 3.71. The molecule has 0 aromatic heterocycles. The molecule has 0 spiro atoms. The molecule has 3 heteroatoms. The third kappa shape index (κ3) is 3.85. The molecule has 18 heavy (non-hydrogen) atoms. The van der Waals surface area contributed by atoms with Gasteiger partial charge in [-0.1, -0.05) is 12.1 Å². The number of nitrogens with one attached hydrogen (secondary N) is 1. The van der Waals surface area contributed by atoms with Gasteiger partial charge in [-0.25, -0.2) is 0 Å². The van der Waals surface area contributed by atoms with Gasteiger partial charge in [0.2, 0.25) is 0 Å². The summed E-state index contributed by atoms with van der Waals surface area (Å²) in [4.78, 5) is 2.59. The van der Waals surface area contributed by atoms with Crippen molar-refractivity contribution in [3.63, 3.8) is 0 Å². The number of likely N-dealkylation sites (tertiary alicyclic amines) is 1. The monoisotopic (exact) mass is 358 g/mol. The molecule has 0 bridgehead atoms. The fraction of sp³-hybridized carbons (Fsp3) is 0.600. The number of hydrogen-bond acceptors (Lipinski definition) is 2. The molecule has 2 rings (SSSR count). The Morgan fingerprint density at radius 3 is 2.72 bits per heavy atom. The molecule has 1 saturated heterocycles. The van der Waals surface area contributed by atoms with Gasteiger partial charge in [0, 0.05) is 27.9 Å². The molecule has 0 amide bonds. The van der Waals surface area contributed by atoms with E-state index in [-0.39, 0.29) is 0 Å². The van der Waals surface area contributed by atoms with Gasteiger partial charge in [0.05, 0.1) is 0 Å². The molecule has 1 aromatic rings. The molecule has 1 N–H and O–H groups in total. The summed E-state index contributed by atoms with van der Waals surface area (Å²) in [5.41, 5.74) is 1.29. The molecule has 1 aliphatic heterocycles. The third-order valence-electron chi connectivity index (χ3n) is 3.73. The Labute approximate surface area is 124 Å². The summed E-state index contributed by atoms with van der Waals surface area (Å²) in [6.07, 6.45) is 3.84. The SMILES string of the molecule is CC(C)N1CCCC(Nc2ccccc2I)CC1. The van der Waals surface area contributed by atoms with Crippen molar-refractivity contribution < 1.29 is 0 Å². The predicted octanol–water partition coefficient (Wildman–Crippen LogP) is 3.97. The lowest BCUT2D eigenvalue weighted by atomic mass is 10.1. The molecule has 0 aliphatic carbocycles. The summed E-state index contributed by atoms with van der Waals surface area (Å²) in [6, 6.07) is 9.87. The predicted molar refractivity (Wildman–Crippen MR) is 87.1 cm³/mol. The summed E-state index contributed by atoms with van der Waals surface area (Å²) in [7, 11) is 0. The summed E-state index contributed by atoms with van der Waals surface area (Å²) in [6.45, 7) is 7.07. The lowest BCUT2D eigenvalue weighted by Gasteiger charge is -2.24. The van der Waals surface area contributed by atoms with Crippen molar-refractivity contribution in [2.45, 2.75) is 45.2 Å². The smallest absolute Gasteiger partial charge is 0.0478 e. The Morgan fingerprint density at radius 1 is 1.22 bits per heavy atom. The van der Waals surface area contributed by atoms with Gasteiger partial charge in [0.15, 0.2) is 0 Å². The minimum absolute atomic E-state index is 0.629. The second-order valence-electron chi connectivity index (χ2n) is 5.38. The van der Waals surface area contributed by atoms with E-state index in [9.17, 15) is 0 Å². The molecule has 1 aliphatic rings. The fourth-order valence-corrected chi connectivity index (χ4v) is 3.12. The van der Waals surface area contributed by atoms with Gasteiger partial charge < -0.3 is 10.2 Å². The standard InChI is InChI=1S/C15H23IN2/c1-12(2)18-10-5-6-13(9-11-18)17-15-8-4-3-7-14(15)16/h3-4,7-8,12-13,17H,5-6,9-11H2,1-2H3. The lowest BCUT2D eigenvalue weighted by Crippen LogP contribution is -2.32. The second-order valence-corrected chi connectivity index (χ2v) is 6.54. The minimum Gasteiger partial charge on any atom is -0.381 e. The zero-order valence-electron chi connectivity index (χ0n) is 11.3. The van der Waals surface area contributed by atoms with Crippen LogP contribution in [0.3, 0.4) is 0 Å². The van der Waals surface area contributed by atoms with Crippen LogP contribution in [-0.2, 0) is 0 Å². The zero-order chi connectivity index (χ0) is 13.0. The average molecular weight is 358 g/mol. The van der Waals surface area contributed by atoms with Crippen molar-refractivity contribution in [3.8, 4) is 0 Å². The van der Waals surface area contributed by atoms with Crippen LogP contribution in [0.4, 0.5) is 5.69 Å². The van der Waals surface area contributed by atoms with Crippen molar-refractivity contribution in [3.05, 3.63) is 27.8 Å². The van der Waals surface area contributed by atoms with Crippen molar-refractivity contribution in [2.24, 2.45) is 0 Å². The molecule has 2 nitrogen and oxygen atoms in total. The molecule has 1 heterocycles. The van der Waals surface area contributed by atoms with Crippen LogP contribution >= 0.6 is 22.6 Å². The minimum atomic E-state index is 0.629. The largest absolute Gasteiger partial charge is 0.381 e. The van der Waals surface area contributed by atoms with Crippen molar-refractivity contribution in [1.29, 1.82) is 0 Å². The van der Waals surface area contributed by atoms with Crippen molar-refractivity contribution in [2.75, 3.05) is 18.4 Å². The first-order valence-electron chi connectivity index (χ1n) is 6.92. The summed E-state index contributed by atoms with van der Waals surface area (Å²) in [5.74, 6) is 0. The molecule has 1 aromatic carbocycles. The van der Waals surface area contributed by atoms with Gasteiger partial charge in [0.1, 0.15) is 0 Å². The highest BCUT2D eigenvalue weighted by molar-refractivity contribution is 14.1. The molecule has 1 fully saturated rings. The number of rotatable bonds is 3. The van der Waals surface area contributed by atoms with E-state index in [0.29, 0.717) is 12.1 Å². The normalized spacial score (nSPS) is 21.9. The lowest BCUT2D eigenvalue weighted by molar-refractivity contribution is 0.230. The Kier molecular flexibility index (Phi) is 5.30. The quantitative estimate of drug-likeness (QED) is 0.823. The van der Waals surface area contributed by atoms with E-state index in [1.54, 1.807) is 0 Å². The number of benzene rings is 1. The van der Waals surface area contributed by atoms with Crippen molar-refractivity contribution in [1.82, 2.24) is 4.90 Å². The van der Waals surface area contributed by atoms with E-state index in [0.717, 1.165) is 0 Å². The van der Waals surface area contributed by atoms with Crippen LogP contribution in [0.1, 0.15) is 33.1 Å². The summed E-state index contributed by atoms with van der Waals surface area (Å²) in [5, 5.41) is 3.71. The first-order chi connectivity index (χ1) is 8.66. The van der Waals surface area contributed by atoms with Crippen LogP contribution in [0.15, 0.2) is 24.3 Å². The zero-order valence-corrected chi connectivity index (χ0v) is 13.5. The highest BCUT2D eigenvalue weighted by Crippen LogP contribution is 2.22. The van der Waals surface area contributed by atoms with Gasteiger partial charge >= 0.3 is 0 Å². The highest BCUT2D eigenvalue weighted by atomic mass is 127. The molecular weight excluding hydrogens is 335 g/mol. The van der Waals surface area contributed by atoms with Gasteiger partial charge in [-0.2, -0.15) is 0 Å².